The van der Waals surface area contributed by atoms with Gasteiger partial charge in [0.25, 0.3) is 5.91 Å². The normalized spacial score (nSPS) is 11.1. The Bertz CT molecular complexity index is 1390. The molecule has 1 aromatic heterocycles. The van der Waals surface area contributed by atoms with Crippen LogP contribution in [0.2, 0.25) is 10.0 Å². The zero-order valence-corrected chi connectivity index (χ0v) is 21.4. The molecule has 0 saturated carbocycles. The molecule has 184 valence electrons. The van der Waals surface area contributed by atoms with Crippen LogP contribution in [0.5, 0.6) is 0 Å². The lowest BCUT2D eigenvalue weighted by Gasteiger charge is -2.13. The third-order valence-corrected chi connectivity index (χ3v) is 6.39. The molecule has 36 heavy (non-hydrogen) atoms. The van der Waals surface area contributed by atoms with E-state index in [1.165, 1.54) is 30.1 Å². The van der Waals surface area contributed by atoms with Crippen LogP contribution in [0.15, 0.2) is 77.0 Å². The number of hydrogen-bond donors (Lipinski definition) is 2. The molecule has 1 amide bonds. The molecular weight excluding hydrogens is 522 g/mol. The van der Waals surface area contributed by atoms with Crippen molar-refractivity contribution in [2.75, 3.05) is 11.1 Å². The van der Waals surface area contributed by atoms with Crippen molar-refractivity contribution in [1.82, 2.24) is 20.2 Å². The third kappa shape index (κ3) is 6.84. The van der Waals surface area contributed by atoms with E-state index in [-0.39, 0.29) is 17.5 Å². The third-order valence-electron chi connectivity index (χ3n) is 4.92. The first-order valence-electron chi connectivity index (χ1n) is 10.8. The number of carbonyl (C=O) groups excluding carboxylic acids is 1. The van der Waals surface area contributed by atoms with Crippen LogP contribution in [0.4, 0.5) is 10.1 Å². The molecule has 0 bridgehead atoms. The van der Waals surface area contributed by atoms with Crippen molar-refractivity contribution < 1.29 is 9.18 Å². The number of rotatable bonds is 9. The SMILES string of the molecule is Cc1cccc(NCc2nnc(SCC(=O)N/N=C\c3ccc(F)cc3)n2-c2ccc(Cl)cc2Cl)c1. The van der Waals surface area contributed by atoms with Crippen molar-refractivity contribution >= 4 is 52.8 Å². The van der Waals surface area contributed by atoms with E-state index in [1.54, 1.807) is 34.9 Å². The molecular formula is C25H21Cl2FN6OS. The van der Waals surface area contributed by atoms with Gasteiger partial charge in [-0.25, -0.2) is 9.82 Å². The fraction of sp³-hybridized carbons (Fsp3) is 0.120. The second-order valence-electron chi connectivity index (χ2n) is 7.69. The van der Waals surface area contributed by atoms with E-state index in [0.29, 0.717) is 38.8 Å². The highest BCUT2D eigenvalue weighted by Gasteiger charge is 2.18. The van der Waals surface area contributed by atoms with E-state index < -0.39 is 0 Å². The fourth-order valence-electron chi connectivity index (χ4n) is 3.24. The van der Waals surface area contributed by atoms with E-state index >= 15 is 0 Å². The summed E-state index contributed by atoms with van der Waals surface area (Å²) in [6.07, 6.45) is 1.44. The van der Waals surface area contributed by atoms with Crippen LogP contribution in [0.3, 0.4) is 0 Å². The Labute approximate surface area is 221 Å². The molecule has 0 saturated heterocycles. The standard InChI is InChI=1S/C25H21Cl2FN6OS/c1-16-3-2-4-20(11-16)29-14-23-31-33-25(34(23)22-10-7-18(26)12-21(22)27)36-15-24(35)32-30-13-17-5-8-19(28)9-6-17/h2-13,29H,14-15H2,1H3,(H,32,35)/b30-13-. The quantitative estimate of drug-likeness (QED) is 0.157. The van der Waals surface area contributed by atoms with Crippen LogP contribution < -0.4 is 10.7 Å². The Balaban J connectivity index is 1.48. The number of halogens is 3. The summed E-state index contributed by atoms with van der Waals surface area (Å²) in [4.78, 5) is 12.4. The van der Waals surface area contributed by atoms with Crippen molar-refractivity contribution in [3.05, 3.63) is 99.5 Å². The summed E-state index contributed by atoms with van der Waals surface area (Å²) >= 11 is 13.8. The molecule has 4 rings (SSSR count). The van der Waals surface area contributed by atoms with Crippen LogP contribution in [-0.4, -0.2) is 32.6 Å². The number of thioether (sulfide) groups is 1. The molecule has 1 heterocycles. The van der Waals surface area contributed by atoms with Gasteiger partial charge in [-0.2, -0.15) is 5.10 Å². The first-order valence-corrected chi connectivity index (χ1v) is 12.5. The number of aryl methyl sites for hydroxylation is 1. The molecule has 0 radical (unpaired) electrons. The van der Waals surface area contributed by atoms with Gasteiger partial charge in [-0.3, -0.25) is 9.36 Å². The second-order valence-corrected chi connectivity index (χ2v) is 9.47. The summed E-state index contributed by atoms with van der Waals surface area (Å²) in [6.45, 7) is 2.40. The van der Waals surface area contributed by atoms with Gasteiger partial charge < -0.3 is 5.32 Å². The number of amides is 1. The molecule has 3 aromatic carbocycles. The van der Waals surface area contributed by atoms with Gasteiger partial charge in [-0.15, -0.1) is 10.2 Å². The maximum atomic E-state index is 13.0. The molecule has 0 aliphatic carbocycles. The zero-order chi connectivity index (χ0) is 25.5. The Hall–Kier alpha value is -3.40. The van der Waals surface area contributed by atoms with Crippen LogP contribution >= 0.6 is 35.0 Å². The summed E-state index contributed by atoms with van der Waals surface area (Å²) in [5.74, 6) is -0.0338. The molecule has 4 aromatic rings. The van der Waals surface area contributed by atoms with Crippen molar-refractivity contribution in [3.8, 4) is 5.69 Å². The van der Waals surface area contributed by atoms with Gasteiger partial charge in [0.05, 0.1) is 29.2 Å². The topological polar surface area (TPSA) is 84.2 Å². The Kier molecular flexibility index (Phi) is 8.58. The largest absolute Gasteiger partial charge is 0.378 e. The lowest BCUT2D eigenvalue weighted by Crippen LogP contribution is -2.20. The number of aromatic nitrogens is 3. The lowest BCUT2D eigenvalue weighted by molar-refractivity contribution is -0.118. The van der Waals surface area contributed by atoms with Gasteiger partial charge in [-0.1, -0.05) is 59.2 Å². The lowest BCUT2D eigenvalue weighted by atomic mass is 10.2. The molecule has 0 aliphatic heterocycles. The fourth-order valence-corrected chi connectivity index (χ4v) is 4.49. The first-order chi connectivity index (χ1) is 17.4. The molecule has 2 N–H and O–H groups in total. The minimum atomic E-state index is -0.342. The maximum absolute atomic E-state index is 13.0. The van der Waals surface area contributed by atoms with E-state index in [0.717, 1.165) is 11.3 Å². The minimum Gasteiger partial charge on any atom is -0.378 e. The molecule has 11 heteroatoms. The number of nitrogens with zero attached hydrogens (tertiary/aromatic N) is 4. The number of carbonyl (C=O) groups is 1. The van der Waals surface area contributed by atoms with Crippen molar-refractivity contribution in [2.24, 2.45) is 5.10 Å². The predicted octanol–water partition coefficient (Wildman–Crippen LogP) is 5.88. The van der Waals surface area contributed by atoms with Gasteiger partial charge >= 0.3 is 0 Å². The Morgan fingerprint density at radius 2 is 1.92 bits per heavy atom. The number of nitrogens with one attached hydrogen (secondary N) is 2. The van der Waals surface area contributed by atoms with Gasteiger partial charge in [0.1, 0.15) is 5.82 Å². The zero-order valence-electron chi connectivity index (χ0n) is 19.1. The van der Waals surface area contributed by atoms with Crippen molar-refractivity contribution in [3.63, 3.8) is 0 Å². The smallest absolute Gasteiger partial charge is 0.250 e. The van der Waals surface area contributed by atoms with Crippen LogP contribution in [0.1, 0.15) is 17.0 Å². The predicted molar refractivity (Wildman–Crippen MR) is 143 cm³/mol. The number of hydrogen-bond acceptors (Lipinski definition) is 6. The molecule has 0 atom stereocenters. The summed E-state index contributed by atoms with van der Waals surface area (Å²) < 4.78 is 14.8. The van der Waals surface area contributed by atoms with E-state index in [1.807, 2.05) is 31.2 Å². The number of hydrazone groups is 1. The summed E-state index contributed by atoms with van der Waals surface area (Å²) in [6, 6.07) is 18.9. The van der Waals surface area contributed by atoms with E-state index in [4.69, 9.17) is 23.2 Å². The molecule has 7 nitrogen and oxygen atoms in total. The van der Waals surface area contributed by atoms with Crippen molar-refractivity contribution in [1.29, 1.82) is 0 Å². The molecule has 0 aliphatic rings. The summed E-state index contributed by atoms with van der Waals surface area (Å²) in [5.41, 5.74) is 5.83. The van der Waals surface area contributed by atoms with Gasteiger partial charge in [-0.05, 0) is 60.5 Å². The Morgan fingerprint density at radius 3 is 2.67 bits per heavy atom. The first kappa shape index (κ1) is 25.7. The van der Waals surface area contributed by atoms with Gasteiger partial charge in [0.2, 0.25) is 0 Å². The highest BCUT2D eigenvalue weighted by molar-refractivity contribution is 7.99. The van der Waals surface area contributed by atoms with Gasteiger partial charge in [0.15, 0.2) is 11.0 Å². The average Bonchev–Trinajstić information content (AvgIpc) is 3.25. The number of anilines is 1. The maximum Gasteiger partial charge on any atom is 0.250 e. The highest BCUT2D eigenvalue weighted by Crippen LogP contribution is 2.29. The van der Waals surface area contributed by atoms with Crippen LogP contribution in [-0.2, 0) is 11.3 Å². The molecule has 0 fully saturated rings. The van der Waals surface area contributed by atoms with Crippen molar-refractivity contribution in [2.45, 2.75) is 18.6 Å². The van der Waals surface area contributed by atoms with Gasteiger partial charge in [0, 0.05) is 10.7 Å². The van der Waals surface area contributed by atoms with E-state index in [9.17, 15) is 9.18 Å². The Morgan fingerprint density at radius 1 is 1.11 bits per heavy atom. The minimum absolute atomic E-state index is 0.0371. The monoisotopic (exact) mass is 542 g/mol. The van der Waals surface area contributed by atoms with E-state index in [2.05, 4.69) is 26.0 Å². The van der Waals surface area contributed by atoms with Crippen LogP contribution in [0, 0.1) is 12.7 Å². The number of benzene rings is 3. The van der Waals surface area contributed by atoms with Crippen LogP contribution in [0.25, 0.3) is 5.69 Å². The summed E-state index contributed by atoms with van der Waals surface area (Å²) in [5, 5.41) is 17.3. The molecule has 0 spiro atoms. The second kappa shape index (κ2) is 12.0. The summed E-state index contributed by atoms with van der Waals surface area (Å²) in [7, 11) is 0. The average molecular weight is 543 g/mol. The highest BCUT2D eigenvalue weighted by atomic mass is 35.5. The molecule has 0 unspecified atom stereocenters.